The molecule has 0 radical (unpaired) electrons. The predicted molar refractivity (Wildman–Crippen MR) is 127 cm³/mol. The van der Waals surface area contributed by atoms with Gasteiger partial charge in [0.15, 0.2) is 0 Å². The third-order valence-electron chi connectivity index (χ3n) is 6.23. The maximum atomic E-state index is 13.4. The summed E-state index contributed by atoms with van der Waals surface area (Å²) in [4.78, 5) is 33.7. The van der Waals surface area contributed by atoms with Crippen molar-refractivity contribution in [1.29, 1.82) is 0 Å². The minimum Gasteiger partial charge on any atom is -0.348 e. The van der Waals surface area contributed by atoms with Gasteiger partial charge in [0.1, 0.15) is 12.1 Å². The zero-order chi connectivity index (χ0) is 23.5. The van der Waals surface area contributed by atoms with Crippen LogP contribution in [0.2, 0.25) is 0 Å². The fraction of sp³-hybridized carbons (Fsp3) is 0.458. The molecular weight excluding hydrogens is 436 g/mol. The number of rotatable bonds is 7. The molecule has 1 aliphatic rings. The summed E-state index contributed by atoms with van der Waals surface area (Å²) in [5.74, 6) is -0.162. The molecule has 2 aromatic heterocycles. The van der Waals surface area contributed by atoms with E-state index in [1.165, 1.54) is 0 Å². The van der Waals surface area contributed by atoms with Gasteiger partial charge in [0, 0.05) is 12.7 Å². The van der Waals surface area contributed by atoms with Crippen molar-refractivity contribution in [3.05, 3.63) is 53.4 Å². The highest BCUT2D eigenvalue weighted by Gasteiger charge is 2.39. The average Bonchev–Trinajstić information content (AvgIpc) is 3.55. The van der Waals surface area contributed by atoms with Crippen molar-refractivity contribution in [3.8, 4) is 10.4 Å². The van der Waals surface area contributed by atoms with E-state index < -0.39 is 12.1 Å². The molecule has 1 N–H and O–H groups in total. The molecule has 174 valence electrons. The monoisotopic (exact) mass is 466 g/mol. The van der Waals surface area contributed by atoms with Gasteiger partial charge in [-0.25, -0.2) is 9.67 Å². The molecule has 3 heterocycles. The molecule has 3 aromatic rings. The second-order valence-electron chi connectivity index (χ2n) is 8.88. The van der Waals surface area contributed by atoms with Gasteiger partial charge in [0.05, 0.1) is 28.3 Å². The van der Waals surface area contributed by atoms with Crippen molar-refractivity contribution in [3.63, 3.8) is 0 Å². The lowest BCUT2D eigenvalue weighted by atomic mass is 10.0. The lowest BCUT2D eigenvalue weighted by Crippen LogP contribution is -2.49. The molecule has 0 bridgehead atoms. The smallest absolute Gasteiger partial charge is 0.248 e. The van der Waals surface area contributed by atoms with Crippen LogP contribution >= 0.6 is 11.3 Å². The van der Waals surface area contributed by atoms with E-state index >= 15 is 0 Å². The Morgan fingerprint density at radius 3 is 2.55 bits per heavy atom. The Kier molecular flexibility index (Phi) is 6.88. The van der Waals surface area contributed by atoms with Gasteiger partial charge in [-0.15, -0.1) is 16.4 Å². The molecule has 33 heavy (non-hydrogen) atoms. The van der Waals surface area contributed by atoms with Crippen molar-refractivity contribution >= 4 is 23.2 Å². The molecule has 2 amide bonds. The number of carbonyl (C=O) groups is 2. The summed E-state index contributed by atoms with van der Waals surface area (Å²) in [6.07, 6.45) is 4.74. The number of carbonyl (C=O) groups excluding carboxylic acids is 2. The number of nitrogens with zero attached hydrogens (tertiary/aromatic N) is 5. The van der Waals surface area contributed by atoms with E-state index in [1.54, 1.807) is 33.3 Å². The fourth-order valence-electron chi connectivity index (χ4n) is 4.44. The topological polar surface area (TPSA) is 93.0 Å². The molecule has 8 nitrogen and oxygen atoms in total. The standard InChI is InChI=1S/C24H30N6O2S/c1-15(2)21(30-13-11-26-28-30)24(32)29-12-5-6-20(29)23(31)27-16(3)18-7-9-19(10-8-18)22-17(4)25-14-33-22/h7-11,13-16,20-21H,5-6,12H2,1-4H3,(H,27,31). The van der Waals surface area contributed by atoms with E-state index in [9.17, 15) is 9.59 Å². The fourth-order valence-corrected chi connectivity index (χ4v) is 5.25. The number of hydrogen-bond acceptors (Lipinski definition) is 6. The predicted octanol–water partition coefficient (Wildman–Crippen LogP) is 3.78. The lowest BCUT2D eigenvalue weighted by Gasteiger charge is -2.30. The first-order chi connectivity index (χ1) is 15.9. The van der Waals surface area contributed by atoms with Gasteiger partial charge in [-0.05, 0) is 43.7 Å². The van der Waals surface area contributed by atoms with Gasteiger partial charge in [0.25, 0.3) is 0 Å². The summed E-state index contributed by atoms with van der Waals surface area (Å²) in [5.41, 5.74) is 5.01. The normalized spacial score (nSPS) is 17.8. The van der Waals surface area contributed by atoms with Gasteiger partial charge in [-0.1, -0.05) is 43.3 Å². The van der Waals surface area contributed by atoms with Crippen LogP contribution in [0.3, 0.4) is 0 Å². The summed E-state index contributed by atoms with van der Waals surface area (Å²) in [6.45, 7) is 8.51. The summed E-state index contributed by atoms with van der Waals surface area (Å²) < 4.78 is 1.59. The van der Waals surface area contributed by atoms with Crippen LogP contribution in [0, 0.1) is 12.8 Å². The molecule has 0 saturated carbocycles. The van der Waals surface area contributed by atoms with E-state index in [0.29, 0.717) is 13.0 Å². The van der Waals surface area contributed by atoms with E-state index in [0.717, 1.165) is 28.1 Å². The van der Waals surface area contributed by atoms with E-state index in [2.05, 4.69) is 32.7 Å². The number of nitrogens with one attached hydrogen (secondary N) is 1. The third-order valence-corrected chi connectivity index (χ3v) is 7.20. The highest BCUT2D eigenvalue weighted by Crippen LogP contribution is 2.29. The van der Waals surface area contributed by atoms with Crippen LogP contribution in [-0.4, -0.2) is 49.3 Å². The average molecular weight is 467 g/mol. The zero-order valence-electron chi connectivity index (χ0n) is 19.4. The Balaban J connectivity index is 1.44. The van der Waals surface area contributed by atoms with E-state index in [1.807, 2.05) is 45.3 Å². The number of thiazole rings is 1. The van der Waals surface area contributed by atoms with Gasteiger partial charge in [-0.3, -0.25) is 9.59 Å². The Morgan fingerprint density at radius 2 is 1.94 bits per heavy atom. The Morgan fingerprint density at radius 1 is 1.18 bits per heavy atom. The van der Waals surface area contributed by atoms with Crippen molar-refractivity contribution < 1.29 is 9.59 Å². The number of hydrogen-bond donors (Lipinski definition) is 1. The van der Waals surface area contributed by atoms with Crippen LogP contribution in [0.25, 0.3) is 10.4 Å². The first-order valence-corrected chi connectivity index (χ1v) is 12.2. The summed E-state index contributed by atoms with van der Waals surface area (Å²) >= 11 is 1.62. The Labute approximate surface area is 198 Å². The van der Waals surface area contributed by atoms with Crippen LogP contribution in [-0.2, 0) is 9.59 Å². The van der Waals surface area contributed by atoms with E-state index in [-0.39, 0.29) is 23.8 Å². The van der Waals surface area contributed by atoms with Crippen molar-refractivity contribution in [2.75, 3.05) is 6.54 Å². The molecule has 3 atom stereocenters. The minimum absolute atomic E-state index is 0.0307. The van der Waals surface area contributed by atoms with Gasteiger partial charge in [-0.2, -0.15) is 0 Å². The molecular formula is C24H30N6O2S. The number of benzene rings is 1. The Bertz CT molecular complexity index is 1090. The highest BCUT2D eigenvalue weighted by molar-refractivity contribution is 7.13. The maximum Gasteiger partial charge on any atom is 0.248 e. The summed E-state index contributed by atoms with van der Waals surface area (Å²) in [7, 11) is 0. The van der Waals surface area contributed by atoms with Gasteiger partial charge >= 0.3 is 0 Å². The number of aryl methyl sites for hydroxylation is 1. The summed E-state index contributed by atoms with van der Waals surface area (Å²) in [6, 6.07) is 7.10. The number of aromatic nitrogens is 4. The first kappa shape index (κ1) is 23.1. The first-order valence-electron chi connectivity index (χ1n) is 11.3. The van der Waals surface area contributed by atoms with Crippen LogP contribution in [0.5, 0.6) is 0 Å². The molecule has 1 aliphatic heterocycles. The van der Waals surface area contributed by atoms with Crippen molar-refractivity contribution in [2.24, 2.45) is 5.92 Å². The number of likely N-dealkylation sites (tertiary alicyclic amines) is 1. The summed E-state index contributed by atoms with van der Waals surface area (Å²) in [5, 5.41) is 11.0. The van der Waals surface area contributed by atoms with Crippen LogP contribution in [0.4, 0.5) is 0 Å². The molecule has 0 spiro atoms. The second-order valence-corrected chi connectivity index (χ2v) is 9.74. The van der Waals surface area contributed by atoms with E-state index in [4.69, 9.17) is 0 Å². The SMILES string of the molecule is Cc1ncsc1-c1ccc(C(C)NC(=O)C2CCCN2C(=O)C(C(C)C)n2ccnn2)cc1. The number of amides is 2. The maximum absolute atomic E-state index is 13.4. The largest absolute Gasteiger partial charge is 0.348 e. The van der Waals surface area contributed by atoms with Crippen LogP contribution in [0.1, 0.15) is 57.0 Å². The van der Waals surface area contributed by atoms with Crippen LogP contribution < -0.4 is 5.32 Å². The minimum atomic E-state index is -0.471. The van der Waals surface area contributed by atoms with Crippen LogP contribution in [0.15, 0.2) is 42.2 Å². The molecule has 1 fully saturated rings. The molecule has 3 unspecified atom stereocenters. The van der Waals surface area contributed by atoms with Crippen molar-refractivity contribution in [2.45, 2.75) is 58.7 Å². The molecule has 1 aromatic carbocycles. The second kappa shape index (κ2) is 9.82. The quantitative estimate of drug-likeness (QED) is 0.572. The molecule has 9 heteroatoms. The Hall–Kier alpha value is -3.07. The lowest BCUT2D eigenvalue weighted by molar-refractivity contribution is -0.142. The highest BCUT2D eigenvalue weighted by atomic mass is 32.1. The molecule has 1 saturated heterocycles. The zero-order valence-corrected chi connectivity index (χ0v) is 20.2. The molecule has 0 aliphatic carbocycles. The van der Waals surface area contributed by atoms with Gasteiger partial charge < -0.3 is 10.2 Å². The van der Waals surface area contributed by atoms with Gasteiger partial charge in [0.2, 0.25) is 11.8 Å². The third kappa shape index (κ3) is 4.83. The molecule has 4 rings (SSSR count). The van der Waals surface area contributed by atoms with Crippen molar-refractivity contribution in [1.82, 2.24) is 30.2 Å².